The summed E-state index contributed by atoms with van der Waals surface area (Å²) < 4.78 is 0. The minimum Gasteiger partial charge on any atom is -1.00 e. The van der Waals surface area contributed by atoms with Gasteiger partial charge in [-0.1, -0.05) is 49.3 Å². The third kappa shape index (κ3) is 5.44. The van der Waals surface area contributed by atoms with Gasteiger partial charge in [-0.05, 0) is 11.8 Å². The summed E-state index contributed by atoms with van der Waals surface area (Å²) in [7, 11) is 0. The van der Waals surface area contributed by atoms with E-state index < -0.39 is 0 Å². The largest absolute Gasteiger partial charge is 4.00 e. The van der Waals surface area contributed by atoms with Gasteiger partial charge in [-0.2, -0.15) is 12.8 Å². The van der Waals surface area contributed by atoms with Crippen LogP contribution in [-0.2, 0) is 26.2 Å². The van der Waals surface area contributed by atoms with Crippen molar-refractivity contribution in [1.82, 2.24) is 0 Å². The van der Waals surface area contributed by atoms with Crippen molar-refractivity contribution in [2.45, 2.75) is 25.7 Å². The van der Waals surface area contributed by atoms with Crippen LogP contribution in [0.4, 0.5) is 0 Å². The van der Waals surface area contributed by atoms with Crippen molar-refractivity contribution in [2.75, 3.05) is 0 Å². The van der Waals surface area contributed by atoms with Crippen LogP contribution in [0.1, 0.15) is 25.7 Å². The first-order chi connectivity index (χ1) is 8.93. The van der Waals surface area contributed by atoms with E-state index in [0.29, 0.717) is 0 Å². The molecule has 4 aliphatic carbocycles. The van der Waals surface area contributed by atoms with E-state index in [-0.39, 0.29) is 35.6 Å². The van der Waals surface area contributed by atoms with E-state index in [1.165, 1.54) is 25.7 Å². The Hall–Kier alpha value is -0.297. The van der Waals surface area contributed by atoms with E-state index in [4.69, 9.17) is 0 Å². The SMILES string of the molecule is C1=CC2[CH-]CCC2C=C1.C1=CC2[CH-]CCC2C=C1.[F-].[F-].[Zr+4]. The molecule has 0 aromatic carbocycles. The van der Waals surface area contributed by atoms with Crippen molar-refractivity contribution in [3.63, 3.8) is 0 Å². The second-order valence-electron chi connectivity index (χ2n) is 5.65. The normalized spacial score (nSPS) is 33.5. The average molecular weight is 368 g/mol. The molecule has 0 spiro atoms. The van der Waals surface area contributed by atoms with Gasteiger partial charge in [-0.25, -0.2) is 0 Å². The summed E-state index contributed by atoms with van der Waals surface area (Å²) in [5.41, 5.74) is 0. The van der Waals surface area contributed by atoms with Gasteiger partial charge in [-0.3, -0.25) is 0 Å². The van der Waals surface area contributed by atoms with Gasteiger partial charge in [0.05, 0.1) is 0 Å². The minimum absolute atomic E-state index is 0. The van der Waals surface area contributed by atoms with Crippen LogP contribution >= 0.6 is 0 Å². The van der Waals surface area contributed by atoms with E-state index in [0.717, 1.165) is 23.7 Å². The van der Waals surface area contributed by atoms with Crippen molar-refractivity contribution in [2.24, 2.45) is 23.7 Å². The van der Waals surface area contributed by atoms with Crippen LogP contribution < -0.4 is 9.41 Å². The van der Waals surface area contributed by atoms with Crippen LogP contribution in [-0.4, -0.2) is 0 Å². The molecule has 2 saturated carbocycles. The van der Waals surface area contributed by atoms with Crippen LogP contribution in [0, 0.1) is 36.5 Å². The predicted molar refractivity (Wildman–Crippen MR) is 77.6 cm³/mol. The summed E-state index contributed by atoms with van der Waals surface area (Å²) in [5.74, 6) is 3.23. The third-order valence-electron chi connectivity index (χ3n) is 4.47. The van der Waals surface area contributed by atoms with E-state index >= 15 is 0 Å². The summed E-state index contributed by atoms with van der Waals surface area (Å²) in [6, 6.07) is 0. The zero-order chi connectivity index (χ0) is 12.2. The van der Waals surface area contributed by atoms with Gasteiger partial charge in [0, 0.05) is 0 Å². The van der Waals surface area contributed by atoms with Gasteiger partial charge >= 0.3 is 26.2 Å². The fourth-order valence-corrected chi connectivity index (χ4v) is 3.39. The molecule has 0 nitrogen and oxygen atoms in total. The fourth-order valence-electron chi connectivity index (χ4n) is 3.39. The molecular weight excluding hydrogens is 345 g/mol. The van der Waals surface area contributed by atoms with E-state index in [1.54, 1.807) is 0 Å². The molecule has 0 aromatic heterocycles. The Balaban J connectivity index is 0.000000333. The Kier molecular flexibility index (Phi) is 10.3. The first-order valence-corrected chi connectivity index (χ1v) is 7.30. The van der Waals surface area contributed by atoms with Crippen molar-refractivity contribution < 1.29 is 35.6 Å². The number of halogens is 2. The molecule has 21 heavy (non-hydrogen) atoms. The molecule has 4 rings (SSSR count). The van der Waals surface area contributed by atoms with Crippen molar-refractivity contribution >= 4 is 0 Å². The van der Waals surface area contributed by atoms with Crippen LogP contribution in [0.25, 0.3) is 0 Å². The molecule has 4 unspecified atom stereocenters. The molecular formula is C18H22F2Zr. The maximum atomic E-state index is 2.42. The molecule has 0 amide bonds. The third-order valence-corrected chi connectivity index (χ3v) is 4.47. The quantitative estimate of drug-likeness (QED) is 0.467. The minimum atomic E-state index is 0. The molecule has 0 aromatic rings. The maximum absolute atomic E-state index is 2.42. The number of rotatable bonds is 0. The zero-order valence-electron chi connectivity index (χ0n) is 12.2. The summed E-state index contributed by atoms with van der Waals surface area (Å²) in [6.45, 7) is 0. The Morgan fingerprint density at radius 1 is 0.619 bits per heavy atom. The number of hydrogen-bond donors (Lipinski definition) is 0. The van der Waals surface area contributed by atoms with Gasteiger partial charge in [0.2, 0.25) is 0 Å². The van der Waals surface area contributed by atoms with E-state index in [1.807, 2.05) is 0 Å². The van der Waals surface area contributed by atoms with Crippen molar-refractivity contribution in [3.8, 4) is 0 Å². The number of allylic oxidation sites excluding steroid dienone is 8. The van der Waals surface area contributed by atoms with Crippen LogP contribution in [0.15, 0.2) is 48.6 Å². The summed E-state index contributed by atoms with van der Waals surface area (Å²) >= 11 is 0. The molecule has 0 aliphatic heterocycles. The molecule has 0 radical (unpaired) electrons. The molecule has 4 aliphatic rings. The van der Waals surface area contributed by atoms with Gasteiger partial charge < -0.3 is 22.3 Å². The number of hydrogen-bond acceptors (Lipinski definition) is 0. The van der Waals surface area contributed by atoms with Gasteiger partial charge in [0.25, 0.3) is 0 Å². The summed E-state index contributed by atoms with van der Waals surface area (Å²) in [5, 5.41) is 0. The second-order valence-corrected chi connectivity index (χ2v) is 5.65. The van der Waals surface area contributed by atoms with E-state index in [2.05, 4.69) is 61.4 Å². The second kappa shape index (κ2) is 10.4. The van der Waals surface area contributed by atoms with E-state index in [9.17, 15) is 0 Å². The fraction of sp³-hybridized carbons (Fsp3) is 0.444. The van der Waals surface area contributed by atoms with Crippen LogP contribution in [0.5, 0.6) is 0 Å². The topological polar surface area (TPSA) is 0 Å². The Morgan fingerprint density at radius 2 is 1.00 bits per heavy atom. The smallest absolute Gasteiger partial charge is 1.00 e. The molecule has 2 fully saturated rings. The standard InChI is InChI=1S/2C9H11.2FH.Zr/c2*1-2-5-9-7-3-6-8(9)4-1;;;/h2*1-2,4-6,8-9H,3,7H2;2*1H;/q2*-1;;;+4/p-2. The van der Waals surface area contributed by atoms with Crippen molar-refractivity contribution in [1.29, 1.82) is 0 Å². The molecule has 4 atom stereocenters. The average Bonchev–Trinajstić information content (AvgIpc) is 3.08. The van der Waals surface area contributed by atoms with Gasteiger partial charge in [0.1, 0.15) is 0 Å². The zero-order valence-corrected chi connectivity index (χ0v) is 14.6. The number of fused-ring (bicyclic) bond motifs is 2. The molecule has 0 saturated heterocycles. The van der Waals surface area contributed by atoms with Gasteiger partial charge in [0.15, 0.2) is 0 Å². The summed E-state index contributed by atoms with van der Waals surface area (Å²) in [6.07, 6.45) is 28.1. The Bertz CT molecular complexity index is 324. The molecule has 3 heteroatoms. The summed E-state index contributed by atoms with van der Waals surface area (Å²) in [4.78, 5) is 0. The first kappa shape index (κ1) is 20.7. The predicted octanol–water partition coefficient (Wildman–Crippen LogP) is -1.31. The monoisotopic (exact) mass is 366 g/mol. The molecule has 0 heterocycles. The van der Waals surface area contributed by atoms with Gasteiger partial charge in [-0.15, -0.1) is 24.0 Å². The molecule has 112 valence electrons. The maximum Gasteiger partial charge on any atom is 4.00 e. The van der Waals surface area contributed by atoms with Crippen LogP contribution in [0.2, 0.25) is 0 Å². The van der Waals surface area contributed by atoms with Crippen LogP contribution in [0.3, 0.4) is 0 Å². The Morgan fingerprint density at radius 3 is 1.38 bits per heavy atom. The van der Waals surface area contributed by atoms with Crippen molar-refractivity contribution in [3.05, 3.63) is 61.4 Å². The first-order valence-electron chi connectivity index (χ1n) is 7.30. The molecule has 0 bridgehead atoms. The Labute approximate surface area is 146 Å². The molecule has 0 N–H and O–H groups in total.